The van der Waals surface area contributed by atoms with Crippen LogP contribution in [0.4, 0.5) is 0 Å². The minimum atomic E-state index is -1.06. The number of pyridine rings is 2. The lowest BCUT2D eigenvalue weighted by atomic mass is 10.0. The van der Waals surface area contributed by atoms with Crippen LogP contribution in [0.15, 0.2) is 97.2 Å². The Labute approximate surface area is 447 Å². The van der Waals surface area contributed by atoms with E-state index in [0.717, 1.165) is 53.6 Å². The summed E-state index contributed by atoms with van der Waals surface area (Å²) in [6.45, 7) is 12.9. The molecule has 388 valence electrons. The van der Waals surface area contributed by atoms with Gasteiger partial charge in [0.2, 0.25) is 5.39 Å². The van der Waals surface area contributed by atoms with Crippen molar-refractivity contribution in [3.63, 3.8) is 0 Å². The molecule has 2 N–H and O–H groups in total. The van der Waals surface area contributed by atoms with Gasteiger partial charge < -0.3 is 10.6 Å². The number of fused-ring (bicyclic) bond motifs is 2. The molecule has 0 radical (unpaired) electrons. The largest absolute Gasteiger partial charge is 0.386 e. The molecular formula is C59H74IN7O6. The number of carbonyl (C=O) groups excluding carboxylic acids is 3. The van der Waals surface area contributed by atoms with E-state index >= 15 is 0 Å². The van der Waals surface area contributed by atoms with Crippen LogP contribution in [0.25, 0.3) is 0 Å². The molecule has 0 saturated heterocycles. The summed E-state index contributed by atoms with van der Waals surface area (Å²) in [5.74, 6) is 9.82. The fraction of sp³-hybridized carbons (Fsp3) is 0.441. The quantitative estimate of drug-likeness (QED) is 0.0269. The number of allylic oxidation sites excluding steroid dienone is 2. The number of rotatable bonds is 21. The van der Waals surface area contributed by atoms with Crippen molar-refractivity contribution < 1.29 is 28.9 Å². The van der Waals surface area contributed by atoms with E-state index in [-0.39, 0.29) is 23.3 Å². The van der Waals surface area contributed by atoms with Crippen LogP contribution in [0.5, 0.6) is 0 Å². The summed E-state index contributed by atoms with van der Waals surface area (Å²) in [5.41, 5.74) is 6.77. The van der Waals surface area contributed by atoms with E-state index in [0.29, 0.717) is 55.2 Å². The molecule has 2 aromatic carbocycles. The third-order valence-electron chi connectivity index (χ3n) is 12.0. The van der Waals surface area contributed by atoms with Crippen molar-refractivity contribution in [2.45, 2.75) is 124 Å². The Balaban J connectivity index is 1.40. The van der Waals surface area contributed by atoms with Gasteiger partial charge in [-0.2, -0.15) is 0 Å². The first-order chi connectivity index (χ1) is 35.6. The van der Waals surface area contributed by atoms with Crippen molar-refractivity contribution in [3.8, 4) is 23.7 Å². The van der Waals surface area contributed by atoms with E-state index in [2.05, 4.69) is 116 Å². The van der Waals surface area contributed by atoms with Gasteiger partial charge in [-0.25, -0.2) is 24.4 Å². The Hall–Kier alpha value is -5.88. The predicted octanol–water partition coefficient (Wildman–Crippen LogP) is 10.6. The van der Waals surface area contributed by atoms with Gasteiger partial charge in [-0.15, -0.1) is 0 Å². The first-order valence-electron chi connectivity index (χ1n) is 26.0. The van der Waals surface area contributed by atoms with Crippen molar-refractivity contribution in [2.75, 3.05) is 44.3 Å². The molecule has 14 heteroatoms. The van der Waals surface area contributed by atoms with Gasteiger partial charge in [-0.1, -0.05) is 168 Å². The Morgan fingerprint density at radius 2 is 1.34 bits per heavy atom. The molecule has 0 saturated carbocycles. The second-order valence-electron chi connectivity index (χ2n) is 18.3. The van der Waals surface area contributed by atoms with Crippen molar-refractivity contribution in [1.82, 2.24) is 35.8 Å². The average molecular weight is 1100 g/mol. The van der Waals surface area contributed by atoms with Gasteiger partial charge >= 0.3 is 17.9 Å². The molecule has 0 amide bonds. The number of benzene rings is 2. The third kappa shape index (κ3) is 22.0. The third-order valence-corrected chi connectivity index (χ3v) is 13.0. The molecule has 3 heterocycles. The maximum absolute atomic E-state index is 14.1. The SMILES string of the molecule is C=C/C=C1/CN(C)CC(=O)ON(OC(=O)c2cc(C#Cc3ccc(CCCCCCCC)cc3)cc(CN(CC)CI)n2)OC(=O)c2cc(C#Cc3ccc(CCCCCCCC)cc3)cc(n2)CNCCN1. The molecule has 0 atom stereocenters. The number of hydrogen-bond donors (Lipinski definition) is 2. The summed E-state index contributed by atoms with van der Waals surface area (Å²) in [5, 5.41) is 6.86. The van der Waals surface area contributed by atoms with Crippen molar-refractivity contribution in [3.05, 3.63) is 153 Å². The molecule has 2 aromatic heterocycles. The number of hydrogen-bond acceptors (Lipinski definition) is 13. The van der Waals surface area contributed by atoms with E-state index in [1.165, 1.54) is 87.5 Å². The highest BCUT2D eigenvalue weighted by molar-refractivity contribution is 14.1. The van der Waals surface area contributed by atoms with Gasteiger partial charge in [0.1, 0.15) is 0 Å². The molecule has 13 nitrogen and oxygen atoms in total. The molecule has 2 bridgehead atoms. The van der Waals surface area contributed by atoms with Gasteiger partial charge in [-0.05, 0) is 105 Å². The number of unbranched alkanes of at least 4 members (excludes halogenated alkanes) is 10. The molecule has 4 aromatic rings. The van der Waals surface area contributed by atoms with Gasteiger partial charge in [0.15, 0.2) is 11.4 Å². The molecule has 73 heavy (non-hydrogen) atoms. The van der Waals surface area contributed by atoms with Crippen LogP contribution in [0.2, 0.25) is 0 Å². The van der Waals surface area contributed by atoms with Gasteiger partial charge in [-0.3, -0.25) is 24.3 Å². The highest BCUT2D eigenvalue weighted by atomic mass is 127. The van der Waals surface area contributed by atoms with Crippen molar-refractivity contribution in [2.24, 2.45) is 0 Å². The topological polar surface area (TPSA) is 138 Å². The minimum absolute atomic E-state index is 0.123. The average Bonchev–Trinajstić information content (AvgIpc) is 3.38. The fourth-order valence-corrected chi connectivity index (χ4v) is 8.71. The van der Waals surface area contributed by atoms with E-state index < -0.39 is 17.9 Å². The lowest BCUT2D eigenvalue weighted by Gasteiger charge is -2.21. The number of nitrogens with zero attached hydrogens (tertiary/aromatic N) is 5. The number of carbonyl (C=O) groups is 3. The molecule has 0 fully saturated rings. The predicted molar refractivity (Wildman–Crippen MR) is 297 cm³/mol. The molecule has 1 aliphatic heterocycles. The number of aromatic nitrogens is 2. The first kappa shape index (κ1) is 58.0. The fourth-order valence-electron chi connectivity index (χ4n) is 7.99. The normalized spacial score (nSPS) is 14.5. The Morgan fingerprint density at radius 1 is 0.753 bits per heavy atom. The molecular weight excluding hydrogens is 1030 g/mol. The smallest absolute Gasteiger partial charge is 0.382 e. The zero-order chi connectivity index (χ0) is 52.0. The Morgan fingerprint density at radius 3 is 1.93 bits per heavy atom. The zero-order valence-electron chi connectivity index (χ0n) is 43.4. The van der Waals surface area contributed by atoms with Crippen molar-refractivity contribution in [1.29, 1.82) is 0 Å². The second-order valence-corrected chi connectivity index (χ2v) is 19.0. The van der Waals surface area contributed by atoms with Crippen LogP contribution in [0.1, 0.15) is 164 Å². The molecule has 5 rings (SSSR count). The molecule has 0 spiro atoms. The van der Waals surface area contributed by atoms with Crippen LogP contribution < -0.4 is 10.6 Å². The Bertz CT molecular complexity index is 2540. The standard InChI is InChI=1S/C59H74IN7O6/c1-6-10-12-14-16-18-21-46-23-27-48(28-24-46)31-33-50-37-53-41-61-35-36-62-52(20-8-3)42-65(5)44-57(68)71-67(72-58(69)55(39-50)63-53)73-59(70)56-40-51(38-54(64-56)43-66(9-4)45-60)34-32-49-29-25-47(26-30-49)22-19-17-15-13-11-7-2/h8,20,23-30,37-40,61-62H,3,6-7,9-19,21-22,35-36,41-45H2,1-2,4-5H3/b52-20-. The minimum Gasteiger partial charge on any atom is -0.386 e. The monoisotopic (exact) mass is 1100 g/mol. The van der Waals surface area contributed by atoms with Crippen LogP contribution in [-0.2, 0) is 45.2 Å². The van der Waals surface area contributed by atoms with Gasteiger partial charge in [0.25, 0.3) is 0 Å². The maximum Gasteiger partial charge on any atom is 0.382 e. The first-order valence-corrected chi connectivity index (χ1v) is 27.5. The van der Waals surface area contributed by atoms with Crippen LogP contribution in [0, 0.1) is 23.7 Å². The number of nitrogens with one attached hydrogen (secondary N) is 2. The summed E-state index contributed by atoms with van der Waals surface area (Å²) < 4.78 is 0.719. The lowest BCUT2D eigenvalue weighted by molar-refractivity contribution is -0.454. The molecule has 0 unspecified atom stereocenters. The lowest BCUT2D eigenvalue weighted by Crippen LogP contribution is -2.38. The van der Waals surface area contributed by atoms with E-state index in [9.17, 15) is 14.4 Å². The van der Waals surface area contributed by atoms with E-state index in [1.807, 2.05) is 43.3 Å². The molecule has 1 aliphatic rings. The summed E-state index contributed by atoms with van der Waals surface area (Å²) in [6.07, 6.45) is 20.5. The highest BCUT2D eigenvalue weighted by Crippen LogP contribution is 2.17. The second kappa shape index (κ2) is 33.0. The summed E-state index contributed by atoms with van der Waals surface area (Å²) in [7, 11) is 1.72. The maximum atomic E-state index is 14.1. The highest BCUT2D eigenvalue weighted by Gasteiger charge is 2.28. The van der Waals surface area contributed by atoms with Crippen LogP contribution >= 0.6 is 22.6 Å². The molecule has 0 aliphatic carbocycles. The van der Waals surface area contributed by atoms with Crippen molar-refractivity contribution >= 4 is 40.5 Å². The number of alkyl halides is 1. The summed E-state index contributed by atoms with van der Waals surface area (Å²) in [6, 6.07) is 23.1. The zero-order valence-corrected chi connectivity index (χ0v) is 45.6. The Kier molecular flexibility index (Phi) is 26.3. The van der Waals surface area contributed by atoms with E-state index in [1.54, 1.807) is 24.1 Å². The number of halogens is 1. The summed E-state index contributed by atoms with van der Waals surface area (Å²) >= 11 is 2.28. The number of aryl methyl sites for hydroxylation is 2. The van der Waals surface area contributed by atoms with Crippen LogP contribution in [0.3, 0.4) is 0 Å². The van der Waals surface area contributed by atoms with E-state index in [4.69, 9.17) is 14.5 Å². The van der Waals surface area contributed by atoms with Gasteiger partial charge in [0, 0.05) is 60.7 Å². The van der Waals surface area contributed by atoms with Crippen LogP contribution in [-0.4, -0.2) is 87.4 Å². The van der Waals surface area contributed by atoms with Gasteiger partial charge in [0.05, 0.1) is 22.5 Å². The summed E-state index contributed by atoms with van der Waals surface area (Å²) in [4.78, 5) is 71.3. The number of likely N-dealkylation sites (N-methyl/N-ethyl adjacent to an activating group) is 1.